The van der Waals surface area contributed by atoms with E-state index in [9.17, 15) is 8.78 Å². The first kappa shape index (κ1) is 12.4. The lowest BCUT2D eigenvalue weighted by Crippen LogP contribution is -2.17. The van der Waals surface area contributed by atoms with Gasteiger partial charge < -0.3 is 10.6 Å². The van der Waals surface area contributed by atoms with Crippen molar-refractivity contribution < 1.29 is 8.78 Å². The van der Waals surface area contributed by atoms with E-state index in [-0.39, 0.29) is 11.5 Å². The van der Waals surface area contributed by atoms with Gasteiger partial charge in [0.1, 0.15) is 5.82 Å². The number of hydrogen-bond acceptors (Lipinski definition) is 2. The van der Waals surface area contributed by atoms with Gasteiger partial charge in [0.25, 0.3) is 0 Å². The summed E-state index contributed by atoms with van der Waals surface area (Å²) in [4.78, 5) is 1.76. The van der Waals surface area contributed by atoms with Crippen LogP contribution >= 0.6 is 0 Å². The van der Waals surface area contributed by atoms with Crippen LogP contribution in [0.3, 0.4) is 0 Å². The molecule has 0 atom stereocenters. The van der Waals surface area contributed by atoms with Gasteiger partial charge in [0.2, 0.25) is 0 Å². The van der Waals surface area contributed by atoms with Gasteiger partial charge in [-0.1, -0.05) is 18.2 Å². The summed E-state index contributed by atoms with van der Waals surface area (Å²) in [6.07, 6.45) is 0. The topological polar surface area (TPSA) is 29.3 Å². The minimum absolute atomic E-state index is 0.125. The van der Waals surface area contributed by atoms with Gasteiger partial charge in [0.05, 0.1) is 5.69 Å². The molecule has 0 heterocycles. The first-order valence-corrected chi connectivity index (χ1v) is 5.57. The molecule has 94 valence electrons. The van der Waals surface area contributed by atoms with Crippen LogP contribution in [-0.4, -0.2) is 7.05 Å². The predicted molar refractivity (Wildman–Crippen MR) is 69.3 cm³/mol. The Balaban J connectivity index is 2.21. The van der Waals surface area contributed by atoms with Gasteiger partial charge in [-0.3, -0.25) is 0 Å². The summed E-state index contributed by atoms with van der Waals surface area (Å²) < 4.78 is 26.8. The Labute approximate surface area is 105 Å². The summed E-state index contributed by atoms with van der Waals surface area (Å²) >= 11 is 0. The number of rotatable bonds is 3. The van der Waals surface area contributed by atoms with Gasteiger partial charge >= 0.3 is 0 Å². The molecule has 0 aromatic heterocycles. The minimum atomic E-state index is -0.416. The van der Waals surface area contributed by atoms with E-state index in [0.717, 1.165) is 0 Å². The molecule has 2 N–H and O–H groups in total. The van der Waals surface area contributed by atoms with Gasteiger partial charge in [0.15, 0.2) is 5.82 Å². The predicted octanol–water partition coefficient (Wildman–Crippen LogP) is 3.18. The first-order valence-electron chi connectivity index (χ1n) is 5.57. The molecule has 0 fully saturated rings. The average molecular weight is 248 g/mol. The molecule has 0 saturated carbocycles. The largest absolute Gasteiger partial charge is 0.396 e. The van der Waals surface area contributed by atoms with Crippen LogP contribution in [0.1, 0.15) is 5.56 Å². The van der Waals surface area contributed by atoms with E-state index in [4.69, 9.17) is 5.73 Å². The highest BCUT2D eigenvalue weighted by molar-refractivity contribution is 5.48. The fourth-order valence-corrected chi connectivity index (χ4v) is 1.78. The van der Waals surface area contributed by atoms with Crippen LogP contribution in [0.4, 0.5) is 20.2 Å². The highest BCUT2D eigenvalue weighted by Crippen LogP contribution is 2.20. The van der Waals surface area contributed by atoms with Crippen LogP contribution < -0.4 is 10.6 Å². The third-order valence-corrected chi connectivity index (χ3v) is 2.77. The molecule has 0 spiro atoms. The number of halogens is 2. The molecular weight excluding hydrogens is 234 g/mol. The maximum atomic E-state index is 13.7. The number of nitrogens with zero attached hydrogens (tertiary/aromatic N) is 1. The minimum Gasteiger partial charge on any atom is -0.396 e. The molecule has 0 aliphatic rings. The fourth-order valence-electron chi connectivity index (χ4n) is 1.78. The first-order chi connectivity index (χ1) is 8.58. The molecule has 0 saturated heterocycles. The van der Waals surface area contributed by atoms with Gasteiger partial charge in [0, 0.05) is 24.8 Å². The normalized spacial score (nSPS) is 10.4. The van der Waals surface area contributed by atoms with E-state index in [1.54, 1.807) is 36.2 Å². The molecule has 2 nitrogen and oxygen atoms in total. The number of hydrogen-bond donors (Lipinski definition) is 1. The zero-order chi connectivity index (χ0) is 13.1. The Kier molecular flexibility index (Phi) is 3.46. The lowest BCUT2D eigenvalue weighted by molar-refractivity contribution is 0.611. The third kappa shape index (κ3) is 2.59. The smallest absolute Gasteiger partial charge is 0.151 e. The van der Waals surface area contributed by atoms with Crippen LogP contribution in [-0.2, 0) is 6.54 Å². The van der Waals surface area contributed by atoms with E-state index < -0.39 is 5.82 Å². The monoisotopic (exact) mass is 248 g/mol. The Bertz CT molecular complexity index is 555. The Hall–Kier alpha value is -2.10. The molecule has 4 heteroatoms. The quantitative estimate of drug-likeness (QED) is 0.845. The van der Waals surface area contributed by atoms with Gasteiger partial charge in [-0.05, 0) is 24.3 Å². The highest BCUT2D eigenvalue weighted by Gasteiger charge is 2.09. The molecule has 0 bridgehead atoms. The average Bonchev–Trinajstić information content (AvgIpc) is 2.35. The second-order valence-electron chi connectivity index (χ2n) is 4.16. The third-order valence-electron chi connectivity index (χ3n) is 2.77. The van der Waals surface area contributed by atoms with Crippen molar-refractivity contribution in [2.75, 3.05) is 17.7 Å². The molecule has 2 aromatic rings. The van der Waals surface area contributed by atoms with Crippen molar-refractivity contribution in [1.29, 1.82) is 0 Å². The van der Waals surface area contributed by atoms with E-state index in [0.29, 0.717) is 17.8 Å². The summed E-state index contributed by atoms with van der Waals surface area (Å²) in [5, 5.41) is 0. The molecular formula is C14H14F2N2. The van der Waals surface area contributed by atoms with E-state index in [1.807, 2.05) is 0 Å². The molecule has 18 heavy (non-hydrogen) atoms. The summed E-state index contributed by atoms with van der Waals surface area (Å²) in [6, 6.07) is 11.1. The van der Waals surface area contributed by atoms with Crippen LogP contribution in [0.15, 0.2) is 42.5 Å². The zero-order valence-electron chi connectivity index (χ0n) is 10.0. The molecule has 2 aromatic carbocycles. The number of anilines is 2. The van der Waals surface area contributed by atoms with Crippen LogP contribution in [0.5, 0.6) is 0 Å². The molecule has 2 rings (SSSR count). The van der Waals surface area contributed by atoms with Crippen LogP contribution in [0.25, 0.3) is 0 Å². The highest BCUT2D eigenvalue weighted by atomic mass is 19.1. The summed E-state index contributed by atoms with van der Waals surface area (Å²) in [5.74, 6) is -0.729. The summed E-state index contributed by atoms with van der Waals surface area (Å²) in [6.45, 7) is 0.334. The SMILES string of the molecule is CN(Cc1cccc(N)c1F)c1cccc(F)c1. The molecule has 0 radical (unpaired) electrons. The van der Waals surface area contributed by atoms with Crippen molar-refractivity contribution in [2.45, 2.75) is 6.54 Å². The standard InChI is InChI=1S/C14H14F2N2/c1-18(12-6-3-5-11(15)8-12)9-10-4-2-7-13(17)14(10)16/h2-8H,9,17H2,1H3. The molecule has 0 amide bonds. The van der Waals surface area contributed by atoms with E-state index in [1.165, 1.54) is 18.2 Å². The van der Waals surface area contributed by atoms with Gasteiger partial charge in [-0.2, -0.15) is 0 Å². The molecule has 0 aliphatic carbocycles. The lowest BCUT2D eigenvalue weighted by Gasteiger charge is -2.20. The molecule has 0 aliphatic heterocycles. The summed E-state index contributed by atoms with van der Waals surface area (Å²) in [7, 11) is 1.78. The second kappa shape index (κ2) is 5.04. The van der Waals surface area contributed by atoms with Gasteiger partial charge in [-0.25, -0.2) is 8.78 Å². The maximum absolute atomic E-state index is 13.7. The number of nitrogen functional groups attached to an aromatic ring is 1. The number of nitrogens with two attached hydrogens (primary N) is 1. The molecule has 0 unspecified atom stereocenters. The van der Waals surface area contributed by atoms with Crippen LogP contribution in [0.2, 0.25) is 0 Å². The summed E-state index contributed by atoms with van der Waals surface area (Å²) in [5.41, 5.74) is 6.81. The van der Waals surface area contributed by atoms with Crippen molar-refractivity contribution in [3.8, 4) is 0 Å². The second-order valence-corrected chi connectivity index (χ2v) is 4.16. The van der Waals surface area contributed by atoms with Crippen molar-refractivity contribution in [2.24, 2.45) is 0 Å². The van der Waals surface area contributed by atoms with Crippen molar-refractivity contribution in [3.05, 3.63) is 59.7 Å². The Morgan fingerprint density at radius 2 is 1.83 bits per heavy atom. The Morgan fingerprint density at radius 3 is 2.56 bits per heavy atom. The fraction of sp³-hybridized carbons (Fsp3) is 0.143. The number of benzene rings is 2. The van der Waals surface area contributed by atoms with Crippen molar-refractivity contribution >= 4 is 11.4 Å². The van der Waals surface area contributed by atoms with Crippen molar-refractivity contribution in [3.63, 3.8) is 0 Å². The van der Waals surface area contributed by atoms with E-state index in [2.05, 4.69) is 0 Å². The Morgan fingerprint density at radius 1 is 1.11 bits per heavy atom. The lowest BCUT2D eigenvalue weighted by atomic mass is 10.1. The zero-order valence-corrected chi connectivity index (χ0v) is 10.0. The van der Waals surface area contributed by atoms with Gasteiger partial charge in [-0.15, -0.1) is 0 Å². The maximum Gasteiger partial charge on any atom is 0.151 e. The van der Waals surface area contributed by atoms with Crippen molar-refractivity contribution in [1.82, 2.24) is 0 Å². The van der Waals surface area contributed by atoms with Crippen LogP contribution in [0, 0.1) is 11.6 Å². The van der Waals surface area contributed by atoms with E-state index >= 15 is 0 Å².